The monoisotopic (exact) mass is 326 g/mol. The molecule has 0 spiro atoms. The van der Waals surface area contributed by atoms with E-state index in [0.29, 0.717) is 24.6 Å². The Morgan fingerprint density at radius 3 is 2.46 bits per heavy atom. The van der Waals surface area contributed by atoms with E-state index >= 15 is 0 Å². The van der Waals surface area contributed by atoms with Crippen LogP contribution in [0.1, 0.15) is 42.4 Å². The van der Waals surface area contributed by atoms with Crippen LogP contribution in [-0.2, 0) is 12.1 Å². The standard InChI is InChI=1S/C19H22N2O3/c1-5-24-16-11-10-15-17(20-16)19(2,3)21(18(15)22)12-13-6-8-14(23-4)9-7-13/h6-11H,5,12H2,1-4H3. The van der Waals surface area contributed by atoms with Gasteiger partial charge in [0.15, 0.2) is 0 Å². The molecule has 5 nitrogen and oxygen atoms in total. The molecule has 0 atom stereocenters. The normalized spacial score (nSPS) is 15.3. The lowest BCUT2D eigenvalue weighted by Crippen LogP contribution is -2.38. The quantitative estimate of drug-likeness (QED) is 0.845. The second kappa shape index (κ2) is 6.15. The number of methoxy groups -OCH3 is 1. The second-order valence-electron chi connectivity index (χ2n) is 6.28. The van der Waals surface area contributed by atoms with Gasteiger partial charge < -0.3 is 14.4 Å². The van der Waals surface area contributed by atoms with Gasteiger partial charge in [-0.2, -0.15) is 0 Å². The van der Waals surface area contributed by atoms with Crippen molar-refractivity contribution in [1.29, 1.82) is 0 Å². The average molecular weight is 326 g/mol. The van der Waals surface area contributed by atoms with E-state index in [4.69, 9.17) is 9.47 Å². The Morgan fingerprint density at radius 1 is 1.12 bits per heavy atom. The zero-order valence-corrected chi connectivity index (χ0v) is 14.5. The fourth-order valence-corrected chi connectivity index (χ4v) is 3.02. The minimum Gasteiger partial charge on any atom is -0.497 e. The number of ether oxygens (including phenoxy) is 2. The van der Waals surface area contributed by atoms with Crippen LogP contribution in [-0.4, -0.2) is 29.5 Å². The minimum atomic E-state index is -0.487. The molecule has 126 valence electrons. The molecule has 0 bridgehead atoms. The summed E-state index contributed by atoms with van der Waals surface area (Å²) in [4.78, 5) is 19.2. The van der Waals surface area contributed by atoms with Crippen molar-refractivity contribution in [2.24, 2.45) is 0 Å². The van der Waals surface area contributed by atoms with E-state index in [1.54, 1.807) is 13.2 Å². The van der Waals surface area contributed by atoms with Crippen LogP contribution in [0.25, 0.3) is 0 Å². The first-order chi connectivity index (χ1) is 11.5. The van der Waals surface area contributed by atoms with Crippen molar-refractivity contribution in [2.45, 2.75) is 32.9 Å². The fourth-order valence-electron chi connectivity index (χ4n) is 3.02. The lowest BCUT2D eigenvalue weighted by molar-refractivity contribution is 0.0590. The van der Waals surface area contributed by atoms with Gasteiger partial charge in [-0.05, 0) is 44.5 Å². The number of hydrogen-bond donors (Lipinski definition) is 0. The van der Waals surface area contributed by atoms with E-state index in [-0.39, 0.29) is 5.91 Å². The Hall–Kier alpha value is -2.56. The lowest BCUT2D eigenvalue weighted by Gasteiger charge is -2.31. The Balaban J connectivity index is 1.90. The molecule has 0 saturated carbocycles. The zero-order chi connectivity index (χ0) is 17.3. The number of nitrogens with zero attached hydrogens (tertiary/aromatic N) is 2. The van der Waals surface area contributed by atoms with Crippen molar-refractivity contribution in [1.82, 2.24) is 9.88 Å². The number of pyridine rings is 1. The molecular weight excluding hydrogens is 304 g/mol. The highest BCUT2D eigenvalue weighted by Crippen LogP contribution is 2.39. The smallest absolute Gasteiger partial charge is 0.256 e. The van der Waals surface area contributed by atoms with Gasteiger partial charge in [0.25, 0.3) is 5.91 Å². The van der Waals surface area contributed by atoms with E-state index in [0.717, 1.165) is 17.0 Å². The van der Waals surface area contributed by atoms with Gasteiger partial charge in [0.05, 0.1) is 30.5 Å². The summed E-state index contributed by atoms with van der Waals surface area (Å²) in [5, 5.41) is 0. The van der Waals surface area contributed by atoms with Gasteiger partial charge in [-0.15, -0.1) is 0 Å². The number of aromatic nitrogens is 1. The summed E-state index contributed by atoms with van der Waals surface area (Å²) in [7, 11) is 1.64. The summed E-state index contributed by atoms with van der Waals surface area (Å²) in [6, 6.07) is 11.3. The summed E-state index contributed by atoms with van der Waals surface area (Å²) >= 11 is 0. The molecule has 5 heteroatoms. The Labute approximate surface area is 142 Å². The molecular formula is C19H22N2O3. The molecule has 2 heterocycles. The van der Waals surface area contributed by atoms with Crippen molar-refractivity contribution < 1.29 is 14.3 Å². The first-order valence-electron chi connectivity index (χ1n) is 8.06. The molecule has 0 radical (unpaired) electrons. The van der Waals surface area contributed by atoms with E-state index in [2.05, 4.69) is 4.98 Å². The third-order valence-electron chi connectivity index (χ3n) is 4.39. The molecule has 0 N–H and O–H groups in total. The van der Waals surface area contributed by atoms with Crippen LogP contribution in [0.15, 0.2) is 36.4 Å². The number of benzene rings is 1. The molecule has 1 aliphatic heterocycles. The average Bonchev–Trinajstić information content (AvgIpc) is 2.77. The van der Waals surface area contributed by atoms with E-state index in [9.17, 15) is 4.79 Å². The zero-order valence-electron chi connectivity index (χ0n) is 14.5. The molecule has 1 aromatic carbocycles. The summed E-state index contributed by atoms with van der Waals surface area (Å²) in [6.07, 6.45) is 0. The van der Waals surface area contributed by atoms with Gasteiger partial charge >= 0.3 is 0 Å². The van der Waals surface area contributed by atoms with Crippen LogP contribution in [0.4, 0.5) is 0 Å². The predicted octanol–water partition coefficient (Wildman–Crippen LogP) is 3.38. The van der Waals surface area contributed by atoms with E-state index in [1.807, 2.05) is 56.0 Å². The SMILES string of the molecule is CCOc1ccc2c(n1)C(C)(C)N(Cc1ccc(OC)cc1)C2=O. The molecule has 0 unspecified atom stereocenters. The van der Waals surface area contributed by atoms with Gasteiger partial charge in [0, 0.05) is 12.6 Å². The lowest BCUT2D eigenvalue weighted by atomic mass is 9.99. The van der Waals surface area contributed by atoms with Crippen LogP contribution in [0.3, 0.4) is 0 Å². The molecule has 0 aliphatic carbocycles. The highest BCUT2D eigenvalue weighted by Gasteiger charge is 2.44. The Morgan fingerprint density at radius 2 is 1.83 bits per heavy atom. The fraction of sp³-hybridized carbons (Fsp3) is 0.368. The first-order valence-corrected chi connectivity index (χ1v) is 8.06. The van der Waals surface area contributed by atoms with Crippen molar-refractivity contribution in [3.05, 3.63) is 53.2 Å². The van der Waals surface area contributed by atoms with Crippen LogP contribution >= 0.6 is 0 Å². The molecule has 3 rings (SSSR count). The van der Waals surface area contributed by atoms with Crippen molar-refractivity contribution in [2.75, 3.05) is 13.7 Å². The number of hydrogen-bond acceptors (Lipinski definition) is 4. The Kier molecular flexibility index (Phi) is 4.18. The van der Waals surface area contributed by atoms with Crippen molar-refractivity contribution >= 4 is 5.91 Å². The maximum atomic E-state index is 12.8. The minimum absolute atomic E-state index is 0.00127. The Bertz CT molecular complexity index is 754. The summed E-state index contributed by atoms with van der Waals surface area (Å²) in [5.41, 5.74) is 1.98. The highest BCUT2D eigenvalue weighted by atomic mass is 16.5. The van der Waals surface area contributed by atoms with E-state index < -0.39 is 5.54 Å². The van der Waals surface area contributed by atoms with Gasteiger partial charge in [-0.3, -0.25) is 4.79 Å². The summed E-state index contributed by atoms with van der Waals surface area (Å²) in [6.45, 7) is 7.03. The van der Waals surface area contributed by atoms with Crippen LogP contribution in [0, 0.1) is 0 Å². The summed E-state index contributed by atoms with van der Waals surface area (Å²) < 4.78 is 10.7. The number of carbonyl (C=O) groups excluding carboxylic acids is 1. The maximum Gasteiger partial charge on any atom is 0.256 e. The van der Waals surface area contributed by atoms with Crippen molar-refractivity contribution in [3.63, 3.8) is 0 Å². The van der Waals surface area contributed by atoms with Gasteiger partial charge in [-0.1, -0.05) is 12.1 Å². The number of fused-ring (bicyclic) bond motifs is 1. The van der Waals surface area contributed by atoms with E-state index in [1.165, 1.54) is 0 Å². The molecule has 2 aromatic rings. The van der Waals surface area contributed by atoms with Crippen LogP contribution in [0.5, 0.6) is 11.6 Å². The summed E-state index contributed by atoms with van der Waals surface area (Å²) in [5.74, 6) is 1.36. The van der Waals surface area contributed by atoms with Crippen molar-refractivity contribution in [3.8, 4) is 11.6 Å². The van der Waals surface area contributed by atoms with Crippen LogP contribution < -0.4 is 9.47 Å². The second-order valence-corrected chi connectivity index (χ2v) is 6.28. The van der Waals surface area contributed by atoms with Crippen LogP contribution in [0.2, 0.25) is 0 Å². The molecule has 1 aliphatic rings. The maximum absolute atomic E-state index is 12.8. The third kappa shape index (κ3) is 2.70. The number of rotatable bonds is 5. The number of carbonyl (C=O) groups is 1. The molecule has 24 heavy (non-hydrogen) atoms. The van der Waals surface area contributed by atoms with Gasteiger partial charge in [0.2, 0.25) is 5.88 Å². The third-order valence-corrected chi connectivity index (χ3v) is 4.39. The number of amides is 1. The molecule has 1 amide bonds. The first kappa shape index (κ1) is 16.3. The molecule has 0 fully saturated rings. The van der Waals surface area contributed by atoms with Gasteiger partial charge in [-0.25, -0.2) is 4.98 Å². The highest BCUT2D eigenvalue weighted by molar-refractivity contribution is 5.99. The topological polar surface area (TPSA) is 51.7 Å². The molecule has 1 aromatic heterocycles. The predicted molar refractivity (Wildman–Crippen MR) is 91.3 cm³/mol. The van der Waals surface area contributed by atoms with Gasteiger partial charge in [0.1, 0.15) is 5.75 Å². The largest absolute Gasteiger partial charge is 0.497 e. The molecule has 0 saturated heterocycles.